The van der Waals surface area contributed by atoms with Crippen LogP contribution in [0.2, 0.25) is 0 Å². The number of aliphatic carboxylic acids is 1. The number of halogens is 1. The Labute approximate surface area is 132 Å². The molecule has 0 bridgehead atoms. The van der Waals surface area contributed by atoms with Crippen LogP contribution in [0.15, 0.2) is 28.7 Å². The number of carbonyl (C=O) groups excluding carboxylic acids is 1. The Bertz CT molecular complexity index is 507. The maximum absolute atomic E-state index is 11.8. The number of rotatable bonds is 4. The normalized spacial score (nSPS) is 14.1. The summed E-state index contributed by atoms with van der Waals surface area (Å²) in [5.41, 5.74) is 0.148. The summed E-state index contributed by atoms with van der Waals surface area (Å²) in [6.07, 6.45) is -0.737. The van der Waals surface area contributed by atoms with Gasteiger partial charge in [-0.05, 0) is 38.5 Å². The van der Waals surface area contributed by atoms with E-state index < -0.39 is 23.7 Å². The van der Waals surface area contributed by atoms with Gasteiger partial charge in [0.2, 0.25) is 0 Å². The number of hydrogen-bond donors (Lipinski definition) is 2. The molecule has 0 fully saturated rings. The standard InChI is InChI=1S/C15H20BrNO4/c1-9(10-5-7-11(16)8-6-10)12(13(18)19)17-14(20)21-15(2,3)4/h5-9,12H,1-4H3,(H,17,20)(H,18,19)/t9?,12-/m0/s1. The minimum absolute atomic E-state index is 0.386. The lowest BCUT2D eigenvalue weighted by molar-refractivity contribution is -0.140. The van der Waals surface area contributed by atoms with Gasteiger partial charge in [-0.2, -0.15) is 0 Å². The number of benzene rings is 1. The maximum atomic E-state index is 11.8. The minimum atomic E-state index is -1.10. The molecule has 1 aromatic carbocycles. The Morgan fingerprint density at radius 2 is 1.76 bits per heavy atom. The van der Waals surface area contributed by atoms with Gasteiger partial charge in [0, 0.05) is 10.4 Å². The molecule has 0 radical (unpaired) electrons. The van der Waals surface area contributed by atoms with Crippen LogP contribution in [0, 0.1) is 0 Å². The molecule has 0 aliphatic carbocycles. The number of carbonyl (C=O) groups is 2. The monoisotopic (exact) mass is 357 g/mol. The summed E-state index contributed by atoms with van der Waals surface area (Å²) in [5, 5.41) is 11.7. The second-order valence-corrected chi connectivity index (χ2v) is 6.72. The molecule has 5 nitrogen and oxygen atoms in total. The molecule has 1 aromatic rings. The first-order valence-electron chi connectivity index (χ1n) is 6.58. The molecule has 0 spiro atoms. The van der Waals surface area contributed by atoms with Crippen LogP contribution >= 0.6 is 15.9 Å². The van der Waals surface area contributed by atoms with Gasteiger partial charge in [-0.25, -0.2) is 9.59 Å². The first-order valence-corrected chi connectivity index (χ1v) is 7.37. The highest BCUT2D eigenvalue weighted by molar-refractivity contribution is 9.10. The largest absolute Gasteiger partial charge is 0.480 e. The number of nitrogens with one attached hydrogen (secondary N) is 1. The molecule has 6 heteroatoms. The van der Waals surface area contributed by atoms with E-state index in [9.17, 15) is 14.7 Å². The average molecular weight is 358 g/mol. The van der Waals surface area contributed by atoms with E-state index >= 15 is 0 Å². The molecule has 0 saturated carbocycles. The molecule has 0 aromatic heterocycles. The predicted octanol–water partition coefficient (Wildman–Crippen LogP) is 3.53. The average Bonchev–Trinajstić information content (AvgIpc) is 2.33. The zero-order valence-electron chi connectivity index (χ0n) is 12.5. The van der Waals surface area contributed by atoms with E-state index in [0.717, 1.165) is 10.0 Å². The zero-order valence-corrected chi connectivity index (χ0v) is 14.1. The number of carboxylic acid groups (broad SMARTS) is 1. The van der Waals surface area contributed by atoms with Crippen LogP contribution in [-0.4, -0.2) is 28.8 Å². The van der Waals surface area contributed by atoms with Crippen LogP contribution in [0.5, 0.6) is 0 Å². The third-order valence-electron chi connectivity index (χ3n) is 2.83. The van der Waals surface area contributed by atoms with Gasteiger partial charge in [0.25, 0.3) is 0 Å². The molecule has 1 rings (SSSR count). The molecule has 1 amide bonds. The number of amides is 1. The third kappa shape index (κ3) is 5.75. The highest BCUT2D eigenvalue weighted by Gasteiger charge is 2.29. The minimum Gasteiger partial charge on any atom is -0.480 e. The van der Waals surface area contributed by atoms with Gasteiger partial charge in [-0.1, -0.05) is 35.0 Å². The topological polar surface area (TPSA) is 75.6 Å². The lowest BCUT2D eigenvalue weighted by Gasteiger charge is -2.25. The van der Waals surface area contributed by atoms with E-state index in [1.807, 2.05) is 24.3 Å². The van der Waals surface area contributed by atoms with E-state index in [2.05, 4.69) is 21.2 Å². The van der Waals surface area contributed by atoms with Gasteiger partial charge >= 0.3 is 12.1 Å². The number of carboxylic acids is 1. The Morgan fingerprint density at radius 3 is 2.19 bits per heavy atom. The van der Waals surface area contributed by atoms with Gasteiger partial charge in [0.15, 0.2) is 0 Å². The van der Waals surface area contributed by atoms with Crippen molar-refractivity contribution in [3.8, 4) is 0 Å². The van der Waals surface area contributed by atoms with Crippen LogP contribution in [0.4, 0.5) is 4.79 Å². The van der Waals surface area contributed by atoms with Gasteiger partial charge in [0.1, 0.15) is 11.6 Å². The van der Waals surface area contributed by atoms with Crippen LogP contribution in [0.25, 0.3) is 0 Å². The Hall–Kier alpha value is -1.56. The molecular weight excluding hydrogens is 338 g/mol. The van der Waals surface area contributed by atoms with Crippen molar-refractivity contribution in [1.82, 2.24) is 5.32 Å². The summed E-state index contributed by atoms with van der Waals surface area (Å²) >= 11 is 3.33. The molecule has 0 aliphatic heterocycles. The molecule has 0 saturated heterocycles. The van der Waals surface area contributed by atoms with Gasteiger partial charge in [-0.3, -0.25) is 0 Å². The van der Waals surface area contributed by atoms with E-state index in [-0.39, 0.29) is 5.92 Å². The molecular formula is C15H20BrNO4. The van der Waals surface area contributed by atoms with Crippen LogP contribution in [-0.2, 0) is 9.53 Å². The van der Waals surface area contributed by atoms with Crippen molar-refractivity contribution in [3.63, 3.8) is 0 Å². The van der Waals surface area contributed by atoms with Crippen molar-refractivity contribution in [2.75, 3.05) is 0 Å². The SMILES string of the molecule is CC(c1ccc(Br)cc1)[C@H](NC(=O)OC(C)(C)C)C(=O)O. The number of alkyl carbamates (subject to hydrolysis) is 1. The van der Waals surface area contributed by atoms with Crippen molar-refractivity contribution >= 4 is 28.0 Å². The van der Waals surface area contributed by atoms with Crippen molar-refractivity contribution < 1.29 is 19.4 Å². The molecule has 0 aliphatic rings. The fraction of sp³-hybridized carbons (Fsp3) is 0.467. The highest BCUT2D eigenvalue weighted by Crippen LogP contribution is 2.22. The first-order chi connectivity index (χ1) is 9.60. The maximum Gasteiger partial charge on any atom is 0.408 e. The molecule has 21 heavy (non-hydrogen) atoms. The van der Waals surface area contributed by atoms with E-state index in [0.29, 0.717) is 0 Å². The zero-order chi connectivity index (χ0) is 16.2. The lowest BCUT2D eigenvalue weighted by atomic mass is 9.93. The smallest absolute Gasteiger partial charge is 0.408 e. The van der Waals surface area contributed by atoms with E-state index in [1.54, 1.807) is 27.7 Å². The highest BCUT2D eigenvalue weighted by atomic mass is 79.9. The Kier molecular flexibility index (Phi) is 5.78. The Morgan fingerprint density at radius 1 is 1.24 bits per heavy atom. The van der Waals surface area contributed by atoms with Crippen molar-refractivity contribution in [1.29, 1.82) is 0 Å². The second-order valence-electron chi connectivity index (χ2n) is 5.80. The van der Waals surface area contributed by atoms with E-state index in [1.165, 1.54) is 0 Å². The quantitative estimate of drug-likeness (QED) is 0.863. The first kappa shape index (κ1) is 17.5. The van der Waals surface area contributed by atoms with Gasteiger partial charge in [0.05, 0.1) is 0 Å². The van der Waals surface area contributed by atoms with Crippen molar-refractivity contribution in [2.45, 2.75) is 45.3 Å². The Balaban J connectivity index is 2.84. The van der Waals surface area contributed by atoms with Crippen LogP contribution < -0.4 is 5.32 Å². The summed E-state index contributed by atoms with van der Waals surface area (Å²) in [5.74, 6) is -1.49. The molecule has 116 valence electrons. The molecule has 0 heterocycles. The summed E-state index contributed by atoms with van der Waals surface area (Å²) in [4.78, 5) is 23.2. The lowest BCUT2D eigenvalue weighted by Crippen LogP contribution is -2.46. The van der Waals surface area contributed by atoms with Crippen LogP contribution in [0.3, 0.4) is 0 Å². The number of ether oxygens (including phenoxy) is 1. The fourth-order valence-corrected chi connectivity index (χ4v) is 2.06. The fourth-order valence-electron chi connectivity index (χ4n) is 1.79. The van der Waals surface area contributed by atoms with Gasteiger partial charge < -0.3 is 15.2 Å². The van der Waals surface area contributed by atoms with E-state index in [4.69, 9.17) is 4.74 Å². The second kappa shape index (κ2) is 6.93. The van der Waals surface area contributed by atoms with Crippen molar-refractivity contribution in [3.05, 3.63) is 34.3 Å². The summed E-state index contributed by atoms with van der Waals surface area (Å²) in [6.45, 7) is 6.92. The predicted molar refractivity (Wildman–Crippen MR) is 83.4 cm³/mol. The molecule has 1 unspecified atom stereocenters. The van der Waals surface area contributed by atoms with Crippen molar-refractivity contribution in [2.24, 2.45) is 0 Å². The summed E-state index contributed by atoms with van der Waals surface area (Å²) in [7, 11) is 0. The third-order valence-corrected chi connectivity index (χ3v) is 3.36. The number of hydrogen-bond acceptors (Lipinski definition) is 3. The summed E-state index contributed by atoms with van der Waals surface area (Å²) in [6, 6.07) is 6.25. The van der Waals surface area contributed by atoms with Crippen LogP contribution in [0.1, 0.15) is 39.2 Å². The van der Waals surface area contributed by atoms with Gasteiger partial charge in [-0.15, -0.1) is 0 Å². The molecule has 2 atom stereocenters. The molecule has 2 N–H and O–H groups in total. The summed E-state index contributed by atoms with van der Waals surface area (Å²) < 4.78 is 6.01.